The third-order valence-corrected chi connectivity index (χ3v) is 4.19. The van der Waals surface area contributed by atoms with Crippen LogP contribution >= 0.6 is 0 Å². The minimum absolute atomic E-state index is 0.178. The first-order chi connectivity index (χ1) is 11.6. The van der Waals surface area contributed by atoms with E-state index in [1.807, 2.05) is 12.1 Å². The lowest BCUT2D eigenvalue weighted by Crippen LogP contribution is -2.49. The van der Waals surface area contributed by atoms with E-state index >= 15 is 0 Å². The number of hydrogen-bond acceptors (Lipinski definition) is 3. The molecule has 0 unspecified atom stereocenters. The van der Waals surface area contributed by atoms with E-state index in [9.17, 15) is 4.39 Å². The van der Waals surface area contributed by atoms with Gasteiger partial charge in [-0.3, -0.25) is 9.89 Å². The number of rotatable bonds is 6. The van der Waals surface area contributed by atoms with Crippen LogP contribution in [0.3, 0.4) is 0 Å². The van der Waals surface area contributed by atoms with Gasteiger partial charge in [0.25, 0.3) is 0 Å². The molecule has 134 valence electrons. The molecule has 5 nitrogen and oxygen atoms in total. The standard InChI is InChI=1S/C18H30FN5/c1-15(2)14-22-18(20-3)21-8-9-23-10-12-24(13-11-23)17-6-4-16(19)5-7-17/h4-7,15H,8-14H2,1-3H3,(H2,20,21,22). The van der Waals surface area contributed by atoms with Crippen LogP contribution in [-0.4, -0.2) is 63.7 Å². The molecule has 0 atom stereocenters. The van der Waals surface area contributed by atoms with Gasteiger partial charge in [-0.15, -0.1) is 0 Å². The largest absolute Gasteiger partial charge is 0.369 e. The van der Waals surface area contributed by atoms with Crippen LogP contribution in [0.4, 0.5) is 10.1 Å². The molecule has 0 bridgehead atoms. The SMILES string of the molecule is CN=C(NCCN1CCN(c2ccc(F)cc2)CC1)NCC(C)C. The molecule has 1 aliphatic heterocycles. The Bertz CT molecular complexity index is 507. The first-order valence-electron chi connectivity index (χ1n) is 8.76. The maximum atomic E-state index is 13.0. The van der Waals surface area contributed by atoms with E-state index < -0.39 is 0 Å². The van der Waals surface area contributed by atoms with Crippen molar-refractivity contribution in [2.24, 2.45) is 10.9 Å². The zero-order valence-corrected chi connectivity index (χ0v) is 15.1. The Morgan fingerprint density at radius 2 is 1.79 bits per heavy atom. The van der Waals surface area contributed by atoms with E-state index in [1.54, 1.807) is 7.05 Å². The second kappa shape index (κ2) is 9.47. The topological polar surface area (TPSA) is 42.9 Å². The summed E-state index contributed by atoms with van der Waals surface area (Å²) < 4.78 is 13.0. The van der Waals surface area contributed by atoms with E-state index in [0.29, 0.717) is 5.92 Å². The van der Waals surface area contributed by atoms with Gasteiger partial charge in [0.2, 0.25) is 0 Å². The molecule has 24 heavy (non-hydrogen) atoms. The second-order valence-corrected chi connectivity index (χ2v) is 6.58. The number of aliphatic imine (C=N–C) groups is 1. The predicted octanol–water partition coefficient (Wildman–Crippen LogP) is 1.77. The number of benzene rings is 1. The lowest BCUT2D eigenvalue weighted by atomic mass is 10.2. The molecule has 6 heteroatoms. The first-order valence-corrected chi connectivity index (χ1v) is 8.76. The van der Waals surface area contributed by atoms with Crippen LogP contribution in [0, 0.1) is 11.7 Å². The summed E-state index contributed by atoms with van der Waals surface area (Å²) in [5.74, 6) is 1.29. The summed E-state index contributed by atoms with van der Waals surface area (Å²) in [6, 6.07) is 6.77. The number of anilines is 1. The number of hydrogen-bond donors (Lipinski definition) is 2. The molecule has 2 rings (SSSR count). The summed E-state index contributed by atoms with van der Waals surface area (Å²) in [4.78, 5) is 9.00. The molecule has 2 N–H and O–H groups in total. The Balaban J connectivity index is 1.67. The number of guanidine groups is 1. The van der Waals surface area contributed by atoms with E-state index in [4.69, 9.17) is 0 Å². The van der Waals surface area contributed by atoms with E-state index in [2.05, 4.69) is 39.3 Å². The molecule has 1 aromatic carbocycles. The van der Waals surface area contributed by atoms with Crippen molar-refractivity contribution in [2.75, 3.05) is 57.8 Å². The fourth-order valence-electron chi connectivity index (χ4n) is 2.74. The monoisotopic (exact) mass is 335 g/mol. The third-order valence-electron chi connectivity index (χ3n) is 4.19. The van der Waals surface area contributed by atoms with E-state index in [1.165, 1.54) is 12.1 Å². The van der Waals surface area contributed by atoms with Crippen molar-refractivity contribution >= 4 is 11.6 Å². The average Bonchev–Trinajstić information content (AvgIpc) is 2.59. The third kappa shape index (κ3) is 6.00. The zero-order valence-electron chi connectivity index (χ0n) is 15.1. The summed E-state index contributed by atoms with van der Waals surface area (Å²) in [6.45, 7) is 11.2. The lowest BCUT2D eigenvalue weighted by molar-refractivity contribution is 0.261. The van der Waals surface area contributed by atoms with Gasteiger partial charge in [0, 0.05) is 58.5 Å². The Hall–Kier alpha value is -1.82. The Morgan fingerprint density at radius 3 is 2.38 bits per heavy atom. The highest BCUT2D eigenvalue weighted by Gasteiger charge is 2.16. The summed E-state index contributed by atoms with van der Waals surface area (Å²) in [6.07, 6.45) is 0. The summed E-state index contributed by atoms with van der Waals surface area (Å²) in [5.41, 5.74) is 1.10. The Morgan fingerprint density at radius 1 is 1.12 bits per heavy atom. The fraction of sp³-hybridized carbons (Fsp3) is 0.611. The van der Waals surface area contributed by atoms with Crippen LogP contribution in [0.15, 0.2) is 29.3 Å². The minimum Gasteiger partial charge on any atom is -0.369 e. The van der Waals surface area contributed by atoms with Crippen molar-refractivity contribution in [1.29, 1.82) is 0 Å². The molecule has 0 amide bonds. The van der Waals surface area contributed by atoms with Crippen LogP contribution in [0.2, 0.25) is 0 Å². The van der Waals surface area contributed by atoms with Gasteiger partial charge in [-0.05, 0) is 30.2 Å². The molecule has 1 aliphatic rings. The lowest BCUT2D eigenvalue weighted by Gasteiger charge is -2.36. The maximum Gasteiger partial charge on any atom is 0.191 e. The van der Waals surface area contributed by atoms with Crippen molar-refractivity contribution < 1.29 is 4.39 Å². The van der Waals surface area contributed by atoms with Crippen molar-refractivity contribution in [1.82, 2.24) is 15.5 Å². The smallest absolute Gasteiger partial charge is 0.191 e. The summed E-state index contributed by atoms with van der Waals surface area (Å²) in [5, 5.41) is 6.68. The fourth-order valence-corrected chi connectivity index (χ4v) is 2.74. The molecular weight excluding hydrogens is 305 g/mol. The molecule has 0 spiro atoms. The van der Waals surface area contributed by atoms with Crippen LogP contribution in [0.1, 0.15) is 13.8 Å². The van der Waals surface area contributed by atoms with Crippen LogP contribution in [0.25, 0.3) is 0 Å². The summed E-state index contributed by atoms with van der Waals surface area (Å²) >= 11 is 0. The average molecular weight is 335 g/mol. The normalized spacial score (nSPS) is 16.5. The van der Waals surface area contributed by atoms with Gasteiger partial charge in [-0.2, -0.15) is 0 Å². The van der Waals surface area contributed by atoms with E-state index in [-0.39, 0.29) is 5.82 Å². The zero-order chi connectivity index (χ0) is 17.4. The molecule has 1 aromatic rings. The van der Waals surface area contributed by atoms with Crippen LogP contribution in [-0.2, 0) is 0 Å². The van der Waals surface area contributed by atoms with Gasteiger partial charge in [-0.25, -0.2) is 4.39 Å². The maximum absolute atomic E-state index is 13.0. The molecule has 0 aliphatic carbocycles. The number of nitrogens with zero attached hydrogens (tertiary/aromatic N) is 3. The van der Waals surface area contributed by atoms with Crippen LogP contribution in [0.5, 0.6) is 0 Å². The van der Waals surface area contributed by atoms with Crippen molar-refractivity contribution in [3.05, 3.63) is 30.1 Å². The molecule has 0 aromatic heterocycles. The highest BCUT2D eigenvalue weighted by atomic mass is 19.1. The van der Waals surface area contributed by atoms with Gasteiger partial charge < -0.3 is 15.5 Å². The Kier molecular flexibility index (Phi) is 7.31. The summed E-state index contributed by atoms with van der Waals surface area (Å²) in [7, 11) is 1.80. The molecule has 1 fully saturated rings. The number of halogens is 1. The molecule has 1 saturated heterocycles. The quantitative estimate of drug-likeness (QED) is 0.614. The number of piperazine rings is 1. The van der Waals surface area contributed by atoms with Crippen LogP contribution < -0.4 is 15.5 Å². The van der Waals surface area contributed by atoms with Crippen molar-refractivity contribution in [2.45, 2.75) is 13.8 Å². The molecule has 0 radical (unpaired) electrons. The Labute approximate surface area is 144 Å². The van der Waals surface area contributed by atoms with Gasteiger partial charge in [0.05, 0.1) is 0 Å². The number of nitrogens with one attached hydrogen (secondary N) is 2. The molecule has 0 saturated carbocycles. The van der Waals surface area contributed by atoms with Gasteiger partial charge in [-0.1, -0.05) is 13.8 Å². The molecular formula is C18H30FN5. The molecule has 1 heterocycles. The highest BCUT2D eigenvalue weighted by molar-refractivity contribution is 5.79. The second-order valence-electron chi connectivity index (χ2n) is 6.58. The van der Waals surface area contributed by atoms with Crippen molar-refractivity contribution in [3.63, 3.8) is 0 Å². The first kappa shape index (κ1) is 18.5. The highest BCUT2D eigenvalue weighted by Crippen LogP contribution is 2.16. The van der Waals surface area contributed by atoms with E-state index in [0.717, 1.165) is 57.5 Å². The minimum atomic E-state index is -0.178. The predicted molar refractivity (Wildman–Crippen MR) is 99.3 cm³/mol. The van der Waals surface area contributed by atoms with Gasteiger partial charge in [0.15, 0.2) is 5.96 Å². The van der Waals surface area contributed by atoms with Gasteiger partial charge in [0.1, 0.15) is 5.82 Å². The van der Waals surface area contributed by atoms with Gasteiger partial charge >= 0.3 is 0 Å². The van der Waals surface area contributed by atoms with Crippen molar-refractivity contribution in [3.8, 4) is 0 Å².